The van der Waals surface area contributed by atoms with Crippen LogP contribution in [0.25, 0.3) is 0 Å². The average molecular weight is 508 g/mol. The summed E-state index contributed by atoms with van der Waals surface area (Å²) in [5, 5.41) is 9.84. The Bertz CT molecular complexity index is 1130. The van der Waals surface area contributed by atoms with Crippen LogP contribution in [0.4, 0.5) is 0 Å². The van der Waals surface area contributed by atoms with Gasteiger partial charge in [0.05, 0.1) is 5.56 Å². The first-order valence-electron chi connectivity index (χ1n) is 12.5. The van der Waals surface area contributed by atoms with Crippen LogP contribution < -0.4 is 5.73 Å². The van der Waals surface area contributed by atoms with Crippen LogP contribution in [0.1, 0.15) is 108 Å². The van der Waals surface area contributed by atoms with Gasteiger partial charge in [0, 0.05) is 16.1 Å². The number of rotatable bonds is 8. The number of nitrogens with two attached hydrogens (primary N) is 1. The van der Waals surface area contributed by atoms with Crippen LogP contribution >= 0.6 is 11.6 Å². The van der Waals surface area contributed by atoms with E-state index >= 15 is 0 Å². The molecule has 36 heavy (non-hydrogen) atoms. The first kappa shape index (κ1) is 29.3. The number of halogens is 1. The zero-order valence-corrected chi connectivity index (χ0v) is 22.9. The molecule has 0 aliphatic carbocycles. The Morgan fingerprint density at radius 3 is 1.64 bits per heavy atom. The van der Waals surface area contributed by atoms with Gasteiger partial charge in [-0.05, 0) is 77.2 Å². The van der Waals surface area contributed by atoms with Gasteiger partial charge in [0.25, 0.3) is 0 Å². The molecule has 3 rings (SSSR count). The first-order chi connectivity index (χ1) is 17.0. The fourth-order valence-electron chi connectivity index (χ4n) is 3.94. The van der Waals surface area contributed by atoms with Crippen LogP contribution in [0.3, 0.4) is 0 Å². The molecule has 5 heteroatoms. The molecular weight excluding hydrogens is 470 g/mol. The number of carbonyl (C=O) groups excluding carboxylic acids is 1. The third kappa shape index (κ3) is 7.78. The monoisotopic (exact) mass is 507 g/mol. The van der Waals surface area contributed by atoms with Crippen molar-refractivity contribution in [2.45, 2.75) is 65.7 Å². The van der Waals surface area contributed by atoms with Gasteiger partial charge in [-0.25, -0.2) is 4.79 Å². The molecule has 0 saturated carbocycles. The molecule has 0 spiro atoms. The number of aromatic carboxylic acids is 1. The van der Waals surface area contributed by atoms with Crippen molar-refractivity contribution >= 4 is 23.4 Å². The fourth-order valence-corrected chi connectivity index (χ4v) is 4.07. The molecule has 0 fully saturated rings. The number of hydrogen-bond acceptors (Lipinski definition) is 3. The van der Waals surface area contributed by atoms with E-state index in [-0.39, 0.29) is 23.2 Å². The topological polar surface area (TPSA) is 80.4 Å². The summed E-state index contributed by atoms with van der Waals surface area (Å²) >= 11 is 5.68. The smallest absolute Gasteiger partial charge is 0.335 e. The van der Waals surface area contributed by atoms with E-state index in [2.05, 4.69) is 53.7 Å². The zero-order valence-electron chi connectivity index (χ0n) is 22.1. The zero-order chi connectivity index (χ0) is 27.0. The second-order valence-corrected chi connectivity index (χ2v) is 10.4. The SMILES string of the molecule is CC(C)c1cc(C(C)C)c(C(=O)c2ccc(C(=O)O)cc2)c(C(C)C)c1.NCCc1ccc(Cl)cc1. The number of ketones is 1. The van der Waals surface area contributed by atoms with Crippen LogP contribution in [-0.2, 0) is 6.42 Å². The molecule has 3 N–H and O–H groups in total. The highest BCUT2D eigenvalue weighted by molar-refractivity contribution is 6.30. The summed E-state index contributed by atoms with van der Waals surface area (Å²) in [6.45, 7) is 13.4. The Morgan fingerprint density at radius 2 is 1.25 bits per heavy atom. The van der Waals surface area contributed by atoms with Crippen molar-refractivity contribution < 1.29 is 14.7 Å². The summed E-state index contributed by atoms with van der Waals surface area (Å²) in [4.78, 5) is 24.4. The lowest BCUT2D eigenvalue weighted by Crippen LogP contribution is -2.13. The van der Waals surface area contributed by atoms with Crippen LogP contribution in [-0.4, -0.2) is 23.4 Å². The lowest BCUT2D eigenvalue weighted by Gasteiger charge is -2.22. The van der Waals surface area contributed by atoms with Gasteiger partial charge >= 0.3 is 5.97 Å². The molecule has 0 radical (unpaired) electrons. The molecule has 192 valence electrons. The van der Waals surface area contributed by atoms with Gasteiger partial charge in [0.2, 0.25) is 0 Å². The standard InChI is InChI=1S/C23H28O3.C8H10ClN/c1-13(2)18-11-19(14(3)4)21(20(12-18)15(5)6)22(24)16-7-9-17(10-8-16)23(25)26;9-8-3-1-7(2-4-8)5-6-10/h7-15H,1-6H3,(H,25,26);1-4H,5-6,10H2. The van der Waals surface area contributed by atoms with Gasteiger partial charge in [0.15, 0.2) is 5.78 Å². The quantitative estimate of drug-likeness (QED) is 0.304. The van der Waals surface area contributed by atoms with Crippen molar-refractivity contribution in [1.29, 1.82) is 0 Å². The van der Waals surface area contributed by atoms with Crippen molar-refractivity contribution in [2.24, 2.45) is 5.73 Å². The molecule has 0 unspecified atom stereocenters. The lowest BCUT2D eigenvalue weighted by atomic mass is 9.81. The van der Waals surface area contributed by atoms with Gasteiger partial charge in [-0.2, -0.15) is 0 Å². The highest BCUT2D eigenvalue weighted by Gasteiger charge is 2.23. The average Bonchev–Trinajstić information content (AvgIpc) is 2.84. The number of carbonyl (C=O) groups is 2. The van der Waals surface area contributed by atoms with E-state index in [1.54, 1.807) is 12.1 Å². The molecule has 0 aliphatic heterocycles. The minimum atomic E-state index is -0.990. The van der Waals surface area contributed by atoms with Crippen molar-refractivity contribution in [3.05, 3.63) is 105 Å². The predicted octanol–water partition coefficient (Wildman–Crippen LogP) is 7.83. The number of benzene rings is 3. The van der Waals surface area contributed by atoms with E-state index in [4.69, 9.17) is 22.4 Å². The van der Waals surface area contributed by atoms with Crippen LogP contribution in [0.2, 0.25) is 5.02 Å². The van der Waals surface area contributed by atoms with E-state index in [1.165, 1.54) is 23.3 Å². The Labute approximate surface area is 220 Å². The number of carboxylic acid groups (broad SMARTS) is 1. The van der Waals surface area contributed by atoms with Gasteiger partial charge in [-0.1, -0.05) is 89.5 Å². The van der Waals surface area contributed by atoms with Crippen molar-refractivity contribution in [1.82, 2.24) is 0 Å². The molecule has 0 heterocycles. The highest BCUT2D eigenvalue weighted by Crippen LogP contribution is 2.33. The van der Waals surface area contributed by atoms with Crippen LogP contribution in [0, 0.1) is 0 Å². The Hall–Kier alpha value is -2.95. The summed E-state index contributed by atoms with van der Waals surface area (Å²) in [7, 11) is 0. The summed E-state index contributed by atoms with van der Waals surface area (Å²) < 4.78 is 0. The molecule has 0 amide bonds. The van der Waals surface area contributed by atoms with E-state index in [0.717, 1.165) is 28.1 Å². The number of hydrogen-bond donors (Lipinski definition) is 2. The number of carboxylic acids is 1. The van der Waals surface area contributed by atoms with Gasteiger partial charge in [0.1, 0.15) is 0 Å². The summed E-state index contributed by atoms with van der Waals surface area (Å²) in [5.74, 6) is -0.184. The third-order valence-electron chi connectivity index (χ3n) is 6.10. The molecule has 0 aromatic heterocycles. The van der Waals surface area contributed by atoms with E-state index in [0.29, 0.717) is 18.0 Å². The maximum absolute atomic E-state index is 13.3. The molecule has 4 nitrogen and oxygen atoms in total. The maximum Gasteiger partial charge on any atom is 0.335 e. The van der Waals surface area contributed by atoms with E-state index < -0.39 is 5.97 Å². The molecule has 0 aliphatic rings. The fraction of sp³-hybridized carbons (Fsp3) is 0.355. The maximum atomic E-state index is 13.3. The predicted molar refractivity (Wildman–Crippen MR) is 150 cm³/mol. The normalized spacial score (nSPS) is 11.0. The minimum Gasteiger partial charge on any atom is -0.478 e. The molecule has 3 aromatic rings. The second kappa shape index (κ2) is 13.4. The Kier molecular flexibility index (Phi) is 10.9. The first-order valence-corrected chi connectivity index (χ1v) is 12.8. The van der Waals surface area contributed by atoms with Crippen molar-refractivity contribution in [2.75, 3.05) is 6.54 Å². The Balaban J connectivity index is 0.000000380. The van der Waals surface area contributed by atoms with Gasteiger partial charge in [-0.15, -0.1) is 0 Å². The second-order valence-electron chi connectivity index (χ2n) is 9.92. The van der Waals surface area contributed by atoms with Crippen LogP contribution in [0.15, 0.2) is 60.7 Å². The molecule has 3 aromatic carbocycles. The summed E-state index contributed by atoms with van der Waals surface area (Å²) in [5.41, 5.74) is 11.5. The molecule has 0 bridgehead atoms. The van der Waals surface area contributed by atoms with E-state index in [9.17, 15) is 9.59 Å². The Morgan fingerprint density at radius 1 is 0.778 bits per heavy atom. The summed E-state index contributed by atoms with van der Waals surface area (Å²) in [6.07, 6.45) is 0.928. The lowest BCUT2D eigenvalue weighted by molar-refractivity contribution is 0.0696. The molecular formula is C31H38ClNO3. The molecule has 0 atom stereocenters. The van der Waals surface area contributed by atoms with Gasteiger partial charge in [-0.3, -0.25) is 4.79 Å². The largest absolute Gasteiger partial charge is 0.478 e. The highest BCUT2D eigenvalue weighted by atomic mass is 35.5. The summed E-state index contributed by atoms with van der Waals surface area (Å²) in [6, 6.07) is 18.3. The van der Waals surface area contributed by atoms with Crippen molar-refractivity contribution in [3.8, 4) is 0 Å². The third-order valence-corrected chi connectivity index (χ3v) is 6.35. The van der Waals surface area contributed by atoms with Crippen LogP contribution in [0.5, 0.6) is 0 Å². The van der Waals surface area contributed by atoms with Gasteiger partial charge < -0.3 is 10.8 Å². The van der Waals surface area contributed by atoms with E-state index in [1.807, 2.05) is 24.3 Å². The van der Waals surface area contributed by atoms with Crippen molar-refractivity contribution in [3.63, 3.8) is 0 Å². The molecule has 0 saturated heterocycles. The minimum absolute atomic E-state index is 0.0374.